The largest absolute Gasteiger partial charge is 0.496 e. The van der Waals surface area contributed by atoms with Gasteiger partial charge in [0, 0.05) is 35.1 Å². The molecule has 3 aromatic heterocycles. The Labute approximate surface area is 200 Å². The molecule has 2 amide bonds. The topological polar surface area (TPSA) is 133 Å². The fourth-order valence-corrected chi connectivity index (χ4v) is 4.13. The molecule has 0 saturated heterocycles. The number of aromatic nitrogens is 4. The first-order valence-electron chi connectivity index (χ1n) is 10.4. The quantitative estimate of drug-likeness (QED) is 0.399. The SMILES string of the molecule is COc1ccccc1-c1cc(C)ncc1C(=O)Nc1nnc(CCc2cccc(C(N)=O)n2)s1. The van der Waals surface area contributed by atoms with Crippen LogP contribution in [0, 0.1) is 6.92 Å². The van der Waals surface area contributed by atoms with Crippen LogP contribution >= 0.6 is 11.3 Å². The van der Waals surface area contributed by atoms with Gasteiger partial charge < -0.3 is 10.5 Å². The van der Waals surface area contributed by atoms with Gasteiger partial charge in [0.1, 0.15) is 16.5 Å². The lowest BCUT2D eigenvalue weighted by atomic mass is 9.99. The molecule has 0 bridgehead atoms. The van der Waals surface area contributed by atoms with Gasteiger partial charge >= 0.3 is 0 Å². The van der Waals surface area contributed by atoms with Crippen LogP contribution in [0.25, 0.3) is 11.1 Å². The molecule has 1 aromatic carbocycles. The van der Waals surface area contributed by atoms with Crippen LogP contribution in [0.1, 0.15) is 37.2 Å². The zero-order chi connectivity index (χ0) is 24.1. The average Bonchev–Trinajstić information content (AvgIpc) is 3.29. The van der Waals surface area contributed by atoms with Crippen LogP contribution in [0.15, 0.2) is 54.7 Å². The van der Waals surface area contributed by atoms with Crippen molar-refractivity contribution in [3.63, 3.8) is 0 Å². The Bertz CT molecular complexity index is 1350. The number of nitrogens with zero attached hydrogens (tertiary/aromatic N) is 4. The van der Waals surface area contributed by atoms with Crippen molar-refractivity contribution in [3.8, 4) is 16.9 Å². The van der Waals surface area contributed by atoms with E-state index in [4.69, 9.17) is 10.5 Å². The summed E-state index contributed by atoms with van der Waals surface area (Å²) in [6.07, 6.45) is 2.66. The molecule has 4 rings (SSSR count). The summed E-state index contributed by atoms with van der Waals surface area (Å²) in [7, 11) is 1.59. The van der Waals surface area contributed by atoms with Gasteiger partial charge in [0.05, 0.1) is 12.7 Å². The highest BCUT2D eigenvalue weighted by Gasteiger charge is 2.18. The number of pyridine rings is 2. The number of carbonyl (C=O) groups excluding carboxylic acids is 2. The molecule has 0 atom stereocenters. The Morgan fingerprint density at radius 1 is 1.06 bits per heavy atom. The third kappa shape index (κ3) is 5.24. The zero-order valence-corrected chi connectivity index (χ0v) is 19.4. The van der Waals surface area contributed by atoms with Gasteiger partial charge in [0.15, 0.2) is 0 Å². The smallest absolute Gasteiger partial charge is 0.267 e. The molecule has 0 aliphatic carbocycles. The molecule has 0 aliphatic heterocycles. The summed E-state index contributed by atoms with van der Waals surface area (Å²) >= 11 is 1.28. The van der Waals surface area contributed by atoms with Crippen molar-refractivity contribution in [2.45, 2.75) is 19.8 Å². The molecule has 3 N–H and O–H groups in total. The summed E-state index contributed by atoms with van der Waals surface area (Å²) in [5.41, 5.74) is 8.93. The molecule has 0 unspecified atom stereocenters. The Balaban J connectivity index is 1.49. The van der Waals surface area contributed by atoms with Gasteiger partial charge in [-0.3, -0.25) is 19.9 Å². The highest BCUT2D eigenvalue weighted by molar-refractivity contribution is 7.15. The molecule has 10 heteroatoms. The number of ether oxygens (including phenoxy) is 1. The maximum atomic E-state index is 13.1. The fraction of sp³-hybridized carbons (Fsp3) is 0.167. The summed E-state index contributed by atoms with van der Waals surface area (Å²) in [4.78, 5) is 32.9. The number of primary amides is 1. The van der Waals surface area contributed by atoms with E-state index in [1.165, 1.54) is 11.3 Å². The normalized spacial score (nSPS) is 10.6. The number of aryl methyl sites for hydroxylation is 3. The van der Waals surface area contributed by atoms with Crippen LogP contribution in [0.5, 0.6) is 5.75 Å². The molecule has 172 valence electrons. The lowest BCUT2D eigenvalue weighted by Crippen LogP contribution is -2.14. The van der Waals surface area contributed by atoms with Gasteiger partial charge in [-0.25, -0.2) is 4.98 Å². The van der Waals surface area contributed by atoms with Crippen LogP contribution in [0.3, 0.4) is 0 Å². The molecule has 0 aliphatic rings. The minimum Gasteiger partial charge on any atom is -0.496 e. The molecule has 0 radical (unpaired) electrons. The van der Waals surface area contributed by atoms with Crippen molar-refractivity contribution in [2.75, 3.05) is 12.4 Å². The molecular weight excluding hydrogens is 452 g/mol. The standard InChI is InChI=1S/C24H22N6O3S/c1-14-12-17(16-7-3-4-9-20(16)33-2)18(13-26-14)23(32)28-24-30-29-21(34-24)11-10-15-6-5-8-19(27-15)22(25)31/h3-9,12-13H,10-11H2,1-2H3,(H2,25,31)(H,28,30,32). The zero-order valence-electron chi connectivity index (χ0n) is 18.6. The number of nitrogens with one attached hydrogen (secondary N) is 1. The molecular formula is C24H22N6O3S. The maximum Gasteiger partial charge on any atom is 0.267 e. The number of rotatable bonds is 8. The number of amides is 2. The summed E-state index contributed by atoms with van der Waals surface area (Å²) in [6.45, 7) is 1.87. The van der Waals surface area contributed by atoms with Crippen molar-refractivity contribution in [2.24, 2.45) is 5.73 Å². The summed E-state index contributed by atoms with van der Waals surface area (Å²) < 4.78 is 5.48. The predicted octanol–water partition coefficient (Wildman–Crippen LogP) is 3.45. The number of anilines is 1. The summed E-state index contributed by atoms with van der Waals surface area (Å²) in [6, 6.07) is 14.5. The third-order valence-electron chi connectivity index (χ3n) is 5.02. The Hall–Kier alpha value is -4.18. The molecule has 3 heterocycles. The number of hydrogen-bond donors (Lipinski definition) is 2. The number of benzene rings is 1. The molecule has 0 saturated carbocycles. The lowest BCUT2D eigenvalue weighted by Gasteiger charge is -2.13. The highest BCUT2D eigenvalue weighted by Crippen LogP contribution is 2.33. The van der Waals surface area contributed by atoms with Gasteiger partial charge in [-0.2, -0.15) is 0 Å². The van der Waals surface area contributed by atoms with Gasteiger partial charge in [-0.05, 0) is 37.6 Å². The number of carbonyl (C=O) groups is 2. The highest BCUT2D eigenvalue weighted by atomic mass is 32.1. The number of nitrogens with two attached hydrogens (primary N) is 1. The minimum absolute atomic E-state index is 0.222. The molecule has 0 spiro atoms. The lowest BCUT2D eigenvalue weighted by molar-refractivity contribution is 0.0993. The molecule has 4 aromatic rings. The molecule has 34 heavy (non-hydrogen) atoms. The average molecular weight is 475 g/mol. The van der Waals surface area contributed by atoms with Crippen molar-refractivity contribution >= 4 is 28.3 Å². The number of methoxy groups -OCH3 is 1. The van der Waals surface area contributed by atoms with E-state index >= 15 is 0 Å². The fourth-order valence-electron chi connectivity index (χ4n) is 3.39. The van der Waals surface area contributed by atoms with Crippen LogP contribution < -0.4 is 15.8 Å². The van der Waals surface area contributed by atoms with Crippen LogP contribution in [0.2, 0.25) is 0 Å². The summed E-state index contributed by atoms with van der Waals surface area (Å²) in [5.74, 6) is -0.248. The van der Waals surface area contributed by atoms with Crippen molar-refractivity contribution in [3.05, 3.63) is 82.4 Å². The van der Waals surface area contributed by atoms with Crippen LogP contribution in [-0.2, 0) is 12.8 Å². The van der Waals surface area contributed by atoms with Gasteiger partial charge in [-0.1, -0.05) is 35.6 Å². The first kappa shape index (κ1) is 23.0. The minimum atomic E-state index is -0.569. The number of para-hydroxylation sites is 1. The first-order valence-corrected chi connectivity index (χ1v) is 11.3. The van der Waals surface area contributed by atoms with Gasteiger partial charge in [-0.15, -0.1) is 10.2 Å². The second kappa shape index (κ2) is 10.2. The monoisotopic (exact) mass is 474 g/mol. The Morgan fingerprint density at radius 2 is 1.88 bits per heavy atom. The Morgan fingerprint density at radius 3 is 2.68 bits per heavy atom. The summed E-state index contributed by atoms with van der Waals surface area (Å²) in [5, 5.41) is 12.2. The van der Waals surface area contributed by atoms with E-state index in [-0.39, 0.29) is 11.6 Å². The van der Waals surface area contributed by atoms with E-state index < -0.39 is 5.91 Å². The van der Waals surface area contributed by atoms with Crippen molar-refractivity contribution < 1.29 is 14.3 Å². The van der Waals surface area contributed by atoms with E-state index in [0.717, 1.165) is 22.0 Å². The second-order valence-corrected chi connectivity index (χ2v) is 8.47. The predicted molar refractivity (Wildman–Crippen MR) is 129 cm³/mol. The van der Waals surface area contributed by atoms with Crippen molar-refractivity contribution in [1.29, 1.82) is 0 Å². The van der Waals surface area contributed by atoms with E-state index in [0.29, 0.717) is 34.8 Å². The van der Waals surface area contributed by atoms with Crippen molar-refractivity contribution in [1.82, 2.24) is 20.2 Å². The molecule has 0 fully saturated rings. The first-order chi connectivity index (χ1) is 16.4. The van der Waals surface area contributed by atoms with E-state index in [1.54, 1.807) is 25.4 Å². The third-order valence-corrected chi connectivity index (χ3v) is 5.92. The van der Waals surface area contributed by atoms with E-state index in [1.807, 2.05) is 43.3 Å². The number of hydrogen-bond acceptors (Lipinski definition) is 8. The van der Waals surface area contributed by atoms with Gasteiger partial charge in [0.2, 0.25) is 5.13 Å². The van der Waals surface area contributed by atoms with Crippen LogP contribution in [0.4, 0.5) is 5.13 Å². The van der Waals surface area contributed by atoms with Crippen LogP contribution in [-0.4, -0.2) is 39.1 Å². The second-order valence-electron chi connectivity index (χ2n) is 7.41. The van der Waals surface area contributed by atoms with E-state index in [9.17, 15) is 9.59 Å². The molecule has 9 nitrogen and oxygen atoms in total. The maximum absolute atomic E-state index is 13.1. The van der Waals surface area contributed by atoms with E-state index in [2.05, 4.69) is 25.5 Å². The Kier molecular flexibility index (Phi) is 6.88. The van der Waals surface area contributed by atoms with Gasteiger partial charge in [0.25, 0.3) is 11.8 Å².